The number of methoxy groups -OCH3 is 1. The molecule has 3 aromatic rings. The van der Waals surface area contributed by atoms with E-state index in [2.05, 4.69) is 66.4 Å². The second-order valence-electron chi connectivity index (χ2n) is 6.58. The number of nitrogens with one attached hydrogen (secondary N) is 1. The van der Waals surface area contributed by atoms with Gasteiger partial charge >= 0.3 is 0 Å². The lowest BCUT2D eigenvalue weighted by Gasteiger charge is -2.14. The van der Waals surface area contributed by atoms with Crippen molar-refractivity contribution in [3.8, 4) is 17.6 Å². The van der Waals surface area contributed by atoms with Crippen LogP contribution < -0.4 is 14.8 Å². The fraction of sp³-hybridized carbons (Fsp3) is 0.0833. The van der Waals surface area contributed by atoms with Gasteiger partial charge in [0.25, 0.3) is 5.91 Å². The maximum absolute atomic E-state index is 12.6. The molecule has 8 heteroatoms. The third kappa shape index (κ3) is 6.70. The first-order chi connectivity index (χ1) is 15.4. The Morgan fingerprint density at radius 2 is 1.91 bits per heavy atom. The molecular formula is C24H17BrI2N2O3. The predicted molar refractivity (Wildman–Crippen MR) is 146 cm³/mol. The first-order valence-corrected chi connectivity index (χ1v) is 12.3. The van der Waals surface area contributed by atoms with Crippen LogP contribution in [0.25, 0.3) is 6.08 Å². The average Bonchev–Trinajstić information content (AvgIpc) is 2.77. The monoisotopic (exact) mass is 714 g/mol. The van der Waals surface area contributed by atoms with Gasteiger partial charge in [0.05, 0.1) is 10.7 Å². The summed E-state index contributed by atoms with van der Waals surface area (Å²) in [5.74, 6) is 0.651. The SMILES string of the molecule is COc1cc(/C=C(/C#N)C(=O)Nc2cccc(Br)c2)cc(I)c1OCc1ccc(I)cc1. The molecule has 0 radical (unpaired) electrons. The zero-order valence-electron chi connectivity index (χ0n) is 16.9. The van der Waals surface area contributed by atoms with Gasteiger partial charge in [-0.25, -0.2) is 0 Å². The Bertz CT molecular complexity index is 1200. The molecule has 3 rings (SSSR count). The summed E-state index contributed by atoms with van der Waals surface area (Å²) in [6.45, 7) is 0.400. The number of anilines is 1. The number of carbonyl (C=O) groups is 1. The van der Waals surface area contributed by atoms with Gasteiger partial charge in [0.15, 0.2) is 11.5 Å². The van der Waals surface area contributed by atoms with Gasteiger partial charge in [0.2, 0.25) is 0 Å². The molecule has 0 aliphatic heterocycles. The Morgan fingerprint density at radius 1 is 1.16 bits per heavy atom. The number of rotatable bonds is 7. The minimum atomic E-state index is -0.487. The lowest BCUT2D eigenvalue weighted by Crippen LogP contribution is -2.13. The molecular weight excluding hydrogens is 698 g/mol. The van der Waals surface area contributed by atoms with Crippen molar-refractivity contribution in [2.24, 2.45) is 0 Å². The van der Waals surface area contributed by atoms with Crippen LogP contribution in [0.5, 0.6) is 11.5 Å². The van der Waals surface area contributed by atoms with Gasteiger partial charge in [0, 0.05) is 13.7 Å². The number of benzene rings is 3. The number of nitrogens with zero attached hydrogens (tertiary/aromatic N) is 1. The van der Waals surface area contributed by atoms with E-state index in [1.165, 1.54) is 6.08 Å². The lowest BCUT2D eigenvalue weighted by molar-refractivity contribution is -0.112. The maximum atomic E-state index is 12.6. The van der Waals surface area contributed by atoms with Crippen LogP contribution in [0.2, 0.25) is 0 Å². The van der Waals surface area contributed by atoms with Crippen LogP contribution in [-0.2, 0) is 11.4 Å². The predicted octanol–water partition coefficient (Wildman–Crippen LogP) is 6.79. The molecule has 0 saturated heterocycles. The second kappa shape index (κ2) is 11.7. The summed E-state index contributed by atoms with van der Waals surface area (Å²) in [7, 11) is 1.56. The molecule has 0 aliphatic carbocycles. The molecule has 0 aliphatic rings. The largest absolute Gasteiger partial charge is 0.493 e. The molecule has 1 amide bonds. The molecule has 0 spiro atoms. The Hall–Kier alpha value is -2.10. The summed E-state index contributed by atoms with van der Waals surface area (Å²) < 4.78 is 14.3. The van der Waals surface area contributed by atoms with Gasteiger partial charge < -0.3 is 14.8 Å². The number of carbonyl (C=O) groups excluding carboxylic acids is 1. The summed E-state index contributed by atoms with van der Waals surface area (Å²) in [4.78, 5) is 12.6. The number of ether oxygens (including phenoxy) is 2. The molecule has 0 fully saturated rings. The normalized spacial score (nSPS) is 10.9. The molecule has 0 unspecified atom stereocenters. The van der Waals surface area contributed by atoms with Crippen LogP contribution in [-0.4, -0.2) is 13.0 Å². The van der Waals surface area contributed by atoms with E-state index in [4.69, 9.17) is 9.47 Å². The van der Waals surface area contributed by atoms with Crippen molar-refractivity contribution >= 4 is 78.8 Å². The molecule has 0 saturated carbocycles. The number of amides is 1. The van der Waals surface area contributed by atoms with E-state index >= 15 is 0 Å². The fourth-order valence-electron chi connectivity index (χ4n) is 2.78. The van der Waals surface area contributed by atoms with Crippen LogP contribution >= 0.6 is 61.1 Å². The van der Waals surface area contributed by atoms with Gasteiger partial charge in [-0.2, -0.15) is 5.26 Å². The first-order valence-electron chi connectivity index (χ1n) is 9.33. The van der Waals surface area contributed by atoms with Gasteiger partial charge in [-0.1, -0.05) is 34.1 Å². The molecule has 0 aromatic heterocycles. The summed E-state index contributed by atoms with van der Waals surface area (Å²) in [5.41, 5.74) is 2.28. The Morgan fingerprint density at radius 3 is 2.56 bits per heavy atom. The Kier molecular flexibility index (Phi) is 8.95. The Labute approximate surface area is 222 Å². The second-order valence-corrected chi connectivity index (χ2v) is 9.91. The van der Waals surface area contributed by atoms with E-state index in [1.54, 1.807) is 31.4 Å². The highest BCUT2D eigenvalue weighted by molar-refractivity contribution is 14.1. The van der Waals surface area contributed by atoms with E-state index in [1.807, 2.05) is 42.5 Å². The van der Waals surface area contributed by atoms with E-state index < -0.39 is 5.91 Å². The van der Waals surface area contributed by atoms with Gasteiger partial charge in [-0.3, -0.25) is 4.79 Å². The van der Waals surface area contributed by atoms with Crippen LogP contribution in [0.15, 0.2) is 70.7 Å². The third-order valence-corrected chi connectivity index (χ3v) is 6.32. The summed E-state index contributed by atoms with van der Waals surface area (Å²) in [6.07, 6.45) is 1.53. The van der Waals surface area contributed by atoms with E-state index in [-0.39, 0.29) is 5.57 Å². The standard InChI is InChI=1S/C24H17BrI2N2O3/c1-31-22-11-16(9-17(13-28)24(30)29-20-4-2-3-18(25)12-20)10-21(27)23(22)32-14-15-5-7-19(26)8-6-15/h2-12H,14H2,1H3,(H,29,30)/b17-9-. The zero-order valence-corrected chi connectivity index (χ0v) is 22.8. The van der Waals surface area contributed by atoms with Gasteiger partial charge in [-0.15, -0.1) is 0 Å². The highest BCUT2D eigenvalue weighted by Crippen LogP contribution is 2.35. The molecule has 3 aromatic carbocycles. The Balaban J connectivity index is 1.81. The summed E-state index contributed by atoms with van der Waals surface area (Å²) in [6, 6.07) is 20.8. The maximum Gasteiger partial charge on any atom is 0.266 e. The first kappa shape index (κ1) is 24.5. The molecule has 0 bridgehead atoms. The molecule has 0 heterocycles. The highest BCUT2D eigenvalue weighted by atomic mass is 127. The quantitative estimate of drug-likeness (QED) is 0.166. The van der Waals surface area contributed by atoms with Crippen molar-refractivity contribution in [2.75, 3.05) is 12.4 Å². The zero-order chi connectivity index (χ0) is 23.1. The number of nitriles is 1. The van der Waals surface area contributed by atoms with E-state index in [0.29, 0.717) is 29.4 Å². The fourth-order valence-corrected chi connectivity index (χ4v) is 4.32. The van der Waals surface area contributed by atoms with Gasteiger partial charge in [0.1, 0.15) is 18.2 Å². The third-order valence-electron chi connectivity index (χ3n) is 4.31. The van der Waals surface area contributed by atoms with Crippen LogP contribution in [0.1, 0.15) is 11.1 Å². The minimum absolute atomic E-state index is 0.0182. The average molecular weight is 715 g/mol. The van der Waals surface area contributed by atoms with Crippen LogP contribution in [0.4, 0.5) is 5.69 Å². The lowest BCUT2D eigenvalue weighted by atomic mass is 10.1. The topological polar surface area (TPSA) is 71.3 Å². The molecule has 5 nitrogen and oxygen atoms in total. The molecule has 0 atom stereocenters. The van der Waals surface area contributed by atoms with Crippen molar-refractivity contribution in [2.45, 2.75) is 6.61 Å². The minimum Gasteiger partial charge on any atom is -0.493 e. The molecule has 162 valence electrons. The highest BCUT2D eigenvalue weighted by Gasteiger charge is 2.14. The van der Waals surface area contributed by atoms with E-state index in [9.17, 15) is 10.1 Å². The molecule has 32 heavy (non-hydrogen) atoms. The summed E-state index contributed by atoms with van der Waals surface area (Å²) >= 11 is 7.78. The number of halogens is 3. The smallest absolute Gasteiger partial charge is 0.266 e. The number of hydrogen-bond acceptors (Lipinski definition) is 4. The summed E-state index contributed by atoms with van der Waals surface area (Å²) in [5, 5.41) is 12.3. The van der Waals surface area contributed by atoms with E-state index in [0.717, 1.165) is 17.2 Å². The van der Waals surface area contributed by atoms with Crippen molar-refractivity contribution in [1.29, 1.82) is 5.26 Å². The number of hydrogen-bond donors (Lipinski definition) is 1. The molecule has 1 N–H and O–H groups in total. The van der Waals surface area contributed by atoms with Gasteiger partial charge in [-0.05, 0) is 105 Å². The van der Waals surface area contributed by atoms with Crippen molar-refractivity contribution in [3.63, 3.8) is 0 Å². The van der Waals surface area contributed by atoms with Crippen molar-refractivity contribution in [3.05, 3.63) is 89.0 Å². The van der Waals surface area contributed by atoms with Crippen molar-refractivity contribution < 1.29 is 14.3 Å². The van der Waals surface area contributed by atoms with Crippen molar-refractivity contribution in [1.82, 2.24) is 0 Å². The van der Waals surface area contributed by atoms with Crippen LogP contribution in [0.3, 0.4) is 0 Å². The van der Waals surface area contributed by atoms with Crippen LogP contribution in [0, 0.1) is 18.5 Å².